The summed E-state index contributed by atoms with van der Waals surface area (Å²) in [7, 11) is 0. The highest BCUT2D eigenvalue weighted by atomic mass is 19.2. The van der Waals surface area contributed by atoms with Gasteiger partial charge in [-0.1, -0.05) is 117 Å². The molecule has 0 aromatic heterocycles. The van der Waals surface area contributed by atoms with Crippen LogP contribution >= 0.6 is 0 Å². The zero-order valence-electron chi connectivity index (χ0n) is 22.4. The molecule has 0 spiro atoms. The number of benzene rings is 1. The molecule has 0 radical (unpaired) electrons. The van der Waals surface area contributed by atoms with Crippen LogP contribution in [0, 0.1) is 35.8 Å². The van der Waals surface area contributed by atoms with Crippen LogP contribution in [0.5, 0.6) is 5.75 Å². The Balaban J connectivity index is 2.58. The average molecular weight is 477 g/mol. The predicted octanol–water partition coefficient (Wildman–Crippen LogP) is 10.1. The quantitative estimate of drug-likeness (QED) is 0.134. The van der Waals surface area contributed by atoms with E-state index in [0.29, 0.717) is 24.3 Å². The molecule has 0 aliphatic carbocycles. The standard InChI is InChI=1S/C31H50F2O/c1-6-11-12-22-28(10-5)34-29-24-23-27(30(32)31(29)33)21-14-20-26(17-9-4)19-13-18-25(15-7-2)16-8-3/h5,23-26,28H,6-9,11-22H2,1-4H3. The second-order valence-electron chi connectivity index (χ2n) is 10.0. The normalized spacial score (nSPS) is 13.1. The average Bonchev–Trinajstić information content (AvgIpc) is 2.82. The predicted molar refractivity (Wildman–Crippen MR) is 142 cm³/mol. The van der Waals surface area contributed by atoms with Gasteiger partial charge in [-0.2, -0.15) is 4.39 Å². The van der Waals surface area contributed by atoms with Crippen LogP contribution in [0.3, 0.4) is 0 Å². The molecule has 1 aromatic carbocycles. The Morgan fingerprint density at radius 3 is 1.85 bits per heavy atom. The van der Waals surface area contributed by atoms with Crippen LogP contribution in [-0.2, 0) is 6.42 Å². The van der Waals surface area contributed by atoms with Gasteiger partial charge in [0.05, 0.1) is 0 Å². The van der Waals surface area contributed by atoms with E-state index < -0.39 is 17.7 Å². The maximum atomic E-state index is 14.7. The van der Waals surface area contributed by atoms with E-state index >= 15 is 0 Å². The lowest BCUT2D eigenvalue weighted by Crippen LogP contribution is -2.15. The highest BCUT2D eigenvalue weighted by molar-refractivity contribution is 5.32. The summed E-state index contributed by atoms with van der Waals surface area (Å²) in [6.45, 7) is 8.92. The van der Waals surface area contributed by atoms with E-state index in [9.17, 15) is 8.78 Å². The highest BCUT2D eigenvalue weighted by Crippen LogP contribution is 2.28. The third-order valence-corrected chi connectivity index (χ3v) is 7.03. The minimum Gasteiger partial charge on any atom is -0.475 e. The van der Waals surface area contributed by atoms with Crippen molar-refractivity contribution < 1.29 is 13.5 Å². The van der Waals surface area contributed by atoms with Crippen LogP contribution < -0.4 is 4.74 Å². The third-order valence-electron chi connectivity index (χ3n) is 7.03. The van der Waals surface area contributed by atoms with Crippen LogP contribution in [0.15, 0.2) is 12.1 Å². The van der Waals surface area contributed by atoms with E-state index in [1.165, 1.54) is 57.8 Å². The smallest absolute Gasteiger partial charge is 0.200 e. The Morgan fingerprint density at radius 1 is 0.706 bits per heavy atom. The fourth-order valence-corrected chi connectivity index (χ4v) is 5.13. The van der Waals surface area contributed by atoms with E-state index in [-0.39, 0.29) is 5.75 Å². The van der Waals surface area contributed by atoms with E-state index in [4.69, 9.17) is 11.2 Å². The van der Waals surface area contributed by atoms with Crippen molar-refractivity contribution in [3.63, 3.8) is 0 Å². The van der Waals surface area contributed by atoms with E-state index in [2.05, 4.69) is 33.6 Å². The molecular formula is C31H50F2O. The minimum absolute atomic E-state index is 0.0710. The monoisotopic (exact) mass is 476 g/mol. The molecule has 2 atom stereocenters. The van der Waals surface area contributed by atoms with Gasteiger partial charge in [-0.25, -0.2) is 4.39 Å². The molecule has 34 heavy (non-hydrogen) atoms. The second kappa shape index (κ2) is 18.7. The Hall–Kier alpha value is -1.56. The van der Waals surface area contributed by atoms with Crippen molar-refractivity contribution in [1.82, 2.24) is 0 Å². The van der Waals surface area contributed by atoms with Gasteiger partial charge in [-0.05, 0) is 49.1 Å². The van der Waals surface area contributed by atoms with E-state index in [1.807, 2.05) is 0 Å². The summed E-state index contributed by atoms with van der Waals surface area (Å²) >= 11 is 0. The number of terminal acetylenes is 1. The van der Waals surface area contributed by atoms with Crippen molar-refractivity contribution in [2.75, 3.05) is 0 Å². The van der Waals surface area contributed by atoms with E-state index in [1.54, 1.807) is 12.1 Å². The molecule has 2 unspecified atom stereocenters. The number of rotatable bonds is 20. The molecule has 3 heteroatoms. The number of aryl methyl sites for hydroxylation is 1. The molecule has 0 bridgehead atoms. The molecule has 0 aliphatic heterocycles. The van der Waals surface area contributed by atoms with Crippen molar-refractivity contribution in [2.24, 2.45) is 11.8 Å². The van der Waals surface area contributed by atoms with Gasteiger partial charge in [0.1, 0.15) is 0 Å². The van der Waals surface area contributed by atoms with Crippen molar-refractivity contribution in [1.29, 1.82) is 0 Å². The number of ether oxygens (including phenoxy) is 1. The summed E-state index contributed by atoms with van der Waals surface area (Å²) in [5.41, 5.74) is 0.439. The Kier molecular flexibility index (Phi) is 16.8. The van der Waals surface area contributed by atoms with Crippen LogP contribution in [-0.4, -0.2) is 6.10 Å². The maximum Gasteiger partial charge on any atom is 0.200 e. The molecule has 1 aromatic rings. The van der Waals surface area contributed by atoms with Gasteiger partial charge in [0.2, 0.25) is 5.82 Å². The first-order chi connectivity index (χ1) is 16.5. The van der Waals surface area contributed by atoms with Gasteiger partial charge >= 0.3 is 0 Å². The lowest BCUT2D eigenvalue weighted by Gasteiger charge is -2.19. The molecule has 194 valence electrons. The largest absolute Gasteiger partial charge is 0.475 e. The summed E-state index contributed by atoms with van der Waals surface area (Å²) in [4.78, 5) is 0. The van der Waals surface area contributed by atoms with Crippen LogP contribution in [0.1, 0.15) is 130 Å². The fraction of sp³-hybridized carbons (Fsp3) is 0.742. The molecular weight excluding hydrogens is 426 g/mol. The zero-order valence-corrected chi connectivity index (χ0v) is 22.4. The lowest BCUT2D eigenvalue weighted by molar-refractivity contribution is 0.228. The van der Waals surface area contributed by atoms with Crippen molar-refractivity contribution in [3.8, 4) is 18.1 Å². The number of halogens is 2. The van der Waals surface area contributed by atoms with Crippen LogP contribution in [0.4, 0.5) is 8.78 Å². The molecule has 0 aliphatic rings. The van der Waals surface area contributed by atoms with Crippen molar-refractivity contribution in [3.05, 3.63) is 29.3 Å². The molecule has 1 rings (SSSR count). The molecule has 0 saturated carbocycles. The second-order valence-corrected chi connectivity index (χ2v) is 10.0. The van der Waals surface area contributed by atoms with Crippen molar-refractivity contribution in [2.45, 2.75) is 137 Å². The van der Waals surface area contributed by atoms with Gasteiger partial charge in [-0.15, -0.1) is 6.42 Å². The molecule has 0 heterocycles. The van der Waals surface area contributed by atoms with Gasteiger partial charge in [0.25, 0.3) is 0 Å². The fourth-order valence-electron chi connectivity index (χ4n) is 5.13. The van der Waals surface area contributed by atoms with Gasteiger partial charge in [0.15, 0.2) is 17.7 Å². The van der Waals surface area contributed by atoms with Gasteiger partial charge in [0, 0.05) is 0 Å². The van der Waals surface area contributed by atoms with Gasteiger partial charge < -0.3 is 4.74 Å². The van der Waals surface area contributed by atoms with Crippen LogP contribution in [0.2, 0.25) is 0 Å². The summed E-state index contributed by atoms with van der Waals surface area (Å²) in [5.74, 6) is 2.35. The molecule has 1 nitrogen and oxygen atoms in total. The first-order valence-corrected chi connectivity index (χ1v) is 14.1. The number of unbranched alkanes of at least 4 members (excludes halogenated alkanes) is 2. The van der Waals surface area contributed by atoms with Gasteiger partial charge in [-0.3, -0.25) is 0 Å². The SMILES string of the molecule is C#CC(CCCCC)Oc1ccc(CCCC(CCC)CCCC(CCC)CCC)c(F)c1F. The minimum atomic E-state index is -0.906. The molecule has 0 amide bonds. The zero-order chi connectivity index (χ0) is 25.2. The van der Waals surface area contributed by atoms with E-state index in [0.717, 1.165) is 38.0 Å². The first-order valence-electron chi connectivity index (χ1n) is 14.1. The topological polar surface area (TPSA) is 9.23 Å². The van der Waals surface area contributed by atoms with Crippen LogP contribution in [0.25, 0.3) is 0 Å². The Bertz CT molecular complexity index is 687. The lowest BCUT2D eigenvalue weighted by atomic mass is 9.87. The first kappa shape index (κ1) is 30.5. The Morgan fingerprint density at radius 2 is 1.29 bits per heavy atom. The summed E-state index contributed by atoms with van der Waals surface area (Å²) in [6.07, 6.45) is 22.8. The van der Waals surface area contributed by atoms with Crippen molar-refractivity contribution >= 4 is 0 Å². The summed E-state index contributed by atoms with van der Waals surface area (Å²) in [5, 5.41) is 0. The highest BCUT2D eigenvalue weighted by Gasteiger charge is 2.18. The summed E-state index contributed by atoms with van der Waals surface area (Å²) < 4.78 is 35.0. The third kappa shape index (κ3) is 11.7. The number of hydrogen-bond acceptors (Lipinski definition) is 1. The molecule has 0 saturated heterocycles. The molecule has 0 fully saturated rings. The number of hydrogen-bond donors (Lipinski definition) is 0. The molecule has 0 N–H and O–H groups in total. The maximum absolute atomic E-state index is 14.7. The Labute approximate surface area is 209 Å². The summed E-state index contributed by atoms with van der Waals surface area (Å²) in [6, 6.07) is 3.21.